The van der Waals surface area contributed by atoms with E-state index in [-0.39, 0.29) is 12.4 Å². The molecule has 8 nitrogen and oxygen atoms in total. The van der Waals surface area contributed by atoms with E-state index < -0.39 is 22.4 Å². The molecule has 0 aliphatic rings. The van der Waals surface area contributed by atoms with E-state index in [2.05, 4.69) is 14.7 Å². The fraction of sp³-hybridized carbons (Fsp3) is 0.333. The third-order valence-electron chi connectivity index (χ3n) is 1.35. The Morgan fingerprint density at radius 1 is 1.43 bits per heavy atom. The standard InChI is InChI=1S/C6H7N3O5/c1-14-2-3-7-5(10)4(9(12)13)6(11)8-3/h2H2,1H3,(H2,7,8,10,11). The molecule has 2 N–H and O–H groups in total. The minimum absolute atomic E-state index is 0.0342. The number of hydrogen-bond acceptors (Lipinski definition) is 7. The molecule has 14 heavy (non-hydrogen) atoms. The smallest absolute Gasteiger partial charge is 0.391 e. The molecule has 1 aromatic heterocycles. The van der Waals surface area contributed by atoms with Crippen LogP contribution in [0.3, 0.4) is 0 Å². The summed E-state index contributed by atoms with van der Waals surface area (Å²) in [6.45, 7) is -0.0564. The molecule has 8 heteroatoms. The lowest BCUT2D eigenvalue weighted by molar-refractivity contribution is -0.387. The number of aromatic nitrogens is 2. The van der Waals surface area contributed by atoms with Crippen molar-refractivity contribution in [2.24, 2.45) is 0 Å². The van der Waals surface area contributed by atoms with Crippen molar-refractivity contribution >= 4 is 5.69 Å². The molecule has 1 heterocycles. The number of methoxy groups -OCH3 is 1. The van der Waals surface area contributed by atoms with Crippen molar-refractivity contribution in [3.8, 4) is 11.8 Å². The average molecular weight is 201 g/mol. The second kappa shape index (κ2) is 3.83. The Morgan fingerprint density at radius 2 is 1.93 bits per heavy atom. The number of aromatic hydroxyl groups is 2. The van der Waals surface area contributed by atoms with Crippen molar-refractivity contribution in [2.45, 2.75) is 6.61 Å². The summed E-state index contributed by atoms with van der Waals surface area (Å²) in [7, 11) is 1.36. The van der Waals surface area contributed by atoms with Crippen molar-refractivity contribution in [3.63, 3.8) is 0 Å². The van der Waals surface area contributed by atoms with Gasteiger partial charge in [0.2, 0.25) is 0 Å². The van der Waals surface area contributed by atoms with Gasteiger partial charge in [-0.05, 0) is 0 Å². The van der Waals surface area contributed by atoms with E-state index in [1.165, 1.54) is 7.11 Å². The predicted molar refractivity (Wildman–Crippen MR) is 42.7 cm³/mol. The molecule has 1 rings (SSSR count). The van der Waals surface area contributed by atoms with E-state index in [9.17, 15) is 10.1 Å². The highest BCUT2D eigenvalue weighted by atomic mass is 16.6. The van der Waals surface area contributed by atoms with Crippen molar-refractivity contribution in [3.05, 3.63) is 15.9 Å². The zero-order chi connectivity index (χ0) is 10.7. The molecule has 0 aromatic carbocycles. The lowest BCUT2D eigenvalue weighted by Crippen LogP contribution is -2.00. The first-order valence-electron chi connectivity index (χ1n) is 3.48. The summed E-state index contributed by atoms with van der Waals surface area (Å²) >= 11 is 0. The van der Waals surface area contributed by atoms with E-state index in [1.54, 1.807) is 0 Å². The van der Waals surface area contributed by atoms with Crippen molar-refractivity contribution in [1.29, 1.82) is 0 Å². The van der Waals surface area contributed by atoms with Gasteiger partial charge in [-0.2, -0.15) is 9.97 Å². The quantitative estimate of drug-likeness (QED) is 0.519. The van der Waals surface area contributed by atoms with Gasteiger partial charge in [-0.1, -0.05) is 0 Å². The Balaban J connectivity index is 3.18. The van der Waals surface area contributed by atoms with Gasteiger partial charge in [-0.15, -0.1) is 0 Å². The molecule has 0 spiro atoms. The number of nitro groups is 1. The maximum absolute atomic E-state index is 10.3. The molecule has 0 saturated heterocycles. The first-order valence-corrected chi connectivity index (χ1v) is 3.48. The Labute approximate surface area is 78.0 Å². The summed E-state index contributed by atoms with van der Waals surface area (Å²) in [6, 6.07) is 0. The summed E-state index contributed by atoms with van der Waals surface area (Å²) < 4.78 is 4.62. The Kier molecular flexibility index (Phi) is 2.77. The van der Waals surface area contributed by atoms with Gasteiger partial charge in [0.25, 0.3) is 11.8 Å². The van der Waals surface area contributed by atoms with Gasteiger partial charge in [0.15, 0.2) is 5.82 Å². The Bertz CT molecular complexity index is 343. The minimum Gasteiger partial charge on any atom is -0.488 e. The first kappa shape index (κ1) is 10.1. The van der Waals surface area contributed by atoms with Crippen LogP contribution in [-0.4, -0.2) is 32.2 Å². The van der Waals surface area contributed by atoms with Crippen LogP contribution < -0.4 is 0 Å². The summed E-state index contributed by atoms with van der Waals surface area (Å²) in [5.74, 6) is -1.79. The highest BCUT2D eigenvalue weighted by Crippen LogP contribution is 2.31. The van der Waals surface area contributed by atoms with Crippen molar-refractivity contribution in [1.82, 2.24) is 9.97 Å². The van der Waals surface area contributed by atoms with E-state index in [0.717, 1.165) is 0 Å². The van der Waals surface area contributed by atoms with Crippen LogP contribution in [0.1, 0.15) is 5.82 Å². The molecule has 0 aliphatic heterocycles. The maximum Gasteiger partial charge on any atom is 0.391 e. The third kappa shape index (κ3) is 1.85. The zero-order valence-electron chi connectivity index (χ0n) is 7.17. The Morgan fingerprint density at radius 3 is 2.29 bits per heavy atom. The lowest BCUT2D eigenvalue weighted by Gasteiger charge is -2.00. The average Bonchev–Trinajstić information content (AvgIpc) is 2.01. The van der Waals surface area contributed by atoms with Crippen LogP contribution in [-0.2, 0) is 11.3 Å². The molecule has 0 atom stereocenters. The second-order valence-corrected chi connectivity index (χ2v) is 2.33. The lowest BCUT2D eigenvalue weighted by atomic mass is 10.4. The summed E-state index contributed by atoms with van der Waals surface area (Å²) in [5, 5.41) is 28.4. The topological polar surface area (TPSA) is 119 Å². The van der Waals surface area contributed by atoms with Crippen LogP contribution in [0.4, 0.5) is 5.69 Å². The van der Waals surface area contributed by atoms with Crippen LogP contribution in [0.5, 0.6) is 11.8 Å². The summed E-state index contributed by atoms with van der Waals surface area (Å²) in [4.78, 5) is 16.0. The van der Waals surface area contributed by atoms with Crippen LogP contribution in [0, 0.1) is 10.1 Å². The number of rotatable bonds is 3. The molecule has 76 valence electrons. The molecule has 0 radical (unpaired) electrons. The Hall–Kier alpha value is -1.96. The molecular formula is C6H7N3O5. The fourth-order valence-corrected chi connectivity index (χ4v) is 0.832. The van der Waals surface area contributed by atoms with Gasteiger partial charge < -0.3 is 14.9 Å². The number of ether oxygens (including phenoxy) is 1. The van der Waals surface area contributed by atoms with Gasteiger partial charge in [0.1, 0.15) is 6.61 Å². The molecule has 0 aliphatic carbocycles. The van der Waals surface area contributed by atoms with Gasteiger partial charge in [-0.25, -0.2) is 0 Å². The molecule has 0 amide bonds. The van der Waals surface area contributed by atoms with Gasteiger partial charge >= 0.3 is 5.69 Å². The molecular weight excluding hydrogens is 194 g/mol. The van der Waals surface area contributed by atoms with Crippen LogP contribution in [0.25, 0.3) is 0 Å². The number of nitrogens with zero attached hydrogens (tertiary/aromatic N) is 3. The van der Waals surface area contributed by atoms with Gasteiger partial charge in [0.05, 0.1) is 4.92 Å². The van der Waals surface area contributed by atoms with E-state index in [4.69, 9.17) is 10.2 Å². The SMILES string of the molecule is COCc1nc(O)c([N+](=O)[O-])c(O)n1. The van der Waals surface area contributed by atoms with E-state index in [0.29, 0.717) is 0 Å². The zero-order valence-corrected chi connectivity index (χ0v) is 7.17. The predicted octanol–water partition coefficient (Wildman–Crippen LogP) is -0.0576. The second-order valence-electron chi connectivity index (χ2n) is 2.33. The van der Waals surface area contributed by atoms with Crippen molar-refractivity contribution in [2.75, 3.05) is 7.11 Å². The van der Waals surface area contributed by atoms with Gasteiger partial charge in [-0.3, -0.25) is 10.1 Å². The van der Waals surface area contributed by atoms with E-state index >= 15 is 0 Å². The monoisotopic (exact) mass is 201 g/mol. The third-order valence-corrected chi connectivity index (χ3v) is 1.35. The molecule has 0 saturated carbocycles. The highest BCUT2D eigenvalue weighted by molar-refractivity contribution is 5.47. The highest BCUT2D eigenvalue weighted by Gasteiger charge is 2.24. The maximum atomic E-state index is 10.3. The molecule has 0 unspecified atom stereocenters. The minimum atomic E-state index is -0.971. The van der Waals surface area contributed by atoms with E-state index in [1.807, 2.05) is 0 Å². The van der Waals surface area contributed by atoms with Crippen LogP contribution in [0.2, 0.25) is 0 Å². The van der Waals surface area contributed by atoms with Gasteiger partial charge in [0, 0.05) is 7.11 Å². The summed E-state index contributed by atoms with van der Waals surface area (Å²) in [6.07, 6.45) is 0. The molecule has 0 bridgehead atoms. The van der Waals surface area contributed by atoms with Crippen LogP contribution in [0.15, 0.2) is 0 Å². The number of hydrogen-bond donors (Lipinski definition) is 2. The molecule has 0 fully saturated rings. The van der Waals surface area contributed by atoms with Crippen molar-refractivity contribution < 1.29 is 19.9 Å². The van der Waals surface area contributed by atoms with Crippen LogP contribution >= 0.6 is 0 Å². The largest absolute Gasteiger partial charge is 0.488 e. The first-order chi connectivity index (χ1) is 6.56. The summed E-state index contributed by atoms with van der Waals surface area (Å²) in [5.41, 5.74) is -0.912. The fourth-order valence-electron chi connectivity index (χ4n) is 0.832. The molecule has 1 aromatic rings. The normalized spacial score (nSPS) is 10.1.